The molecule has 1 N–H and O–H groups in total. The Bertz CT molecular complexity index is 957. The topological polar surface area (TPSA) is 59.9 Å². The van der Waals surface area contributed by atoms with Crippen LogP contribution in [0.25, 0.3) is 0 Å². The van der Waals surface area contributed by atoms with E-state index in [4.69, 9.17) is 9.47 Å². The van der Waals surface area contributed by atoms with Crippen molar-refractivity contribution in [2.24, 2.45) is 5.10 Å². The van der Waals surface area contributed by atoms with E-state index in [0.29, 0.717) is 17.9 Å². The van der Waals surface area contributed by atoms with Gasteiger partial charge in [-0.15, -0.1) is 0 Å². The van der Waals surface area contributed by atoms with Gasteiger partial charge in [0.05, 0.1) is 17.8 Å². The highest BCUT2D eigenvalue weighted by molar-refractivity contribution is 9.10. The van der Waals surface area contributed by atoms with Crippen molar-refractivity contribution in [2.75, 3.05) is 7.11 Å². The molecular formula is C22H19BrN2O3. The van der Waals surface area contributed by atoms with Crippen molar-refractivity contribution in [3.05, 3.63) is 94.0 Å². The van der Waals surface area contributed by atoms with Crippen LogP contribution in [-0.4, -0.2) is 19.2 Å². The van der Waals surface area contributed by atoms with E-state index < -0.39 is 0 Å². The number of ether oxygens (including phenoxy) is 2. The molecule has 0 saturated carbocycles. The van der Waals surface area contributed by atoms with E-state index >= 15 is 0 Å². The highest BCUT2D eigenvalue weighted by atomic mass is 79.9. The van der Waals surface area contributed by atoms with E-state index in [2.05, 4.69) is 26.5 Å². The van der Waals surface area contributed by atoms with E-state index in [9.17, 15) is 4.79 Å². The Hall–Kier alpha value is -3.12. The van der Waals surface area contributed by atoms with Crippen LogP contribution in [0.4, 0.5) is 0 Å². The van der Waals surface area contributed by atoms with Gasteiger partial charge in [-0.3, -0.25) is 4.79 Å². The molecule has 3 aromatic rings. The second kappa shape index (κ2) is 9.71. The average molecular weight is 439 g/mol. The maximum atomic E-state index is 12.1. The summed E-state index contributed by atoms with van der Waals surface area (Å²) >= 11 is 3.51. The molecule has 0 aliphatic rings. The molecule has 0 aliphatic carbocycles. The summed E-state index contributed by atoms with van der Waals surface area (Å²) in [5, 5.41) is 4.01. The predicted octanol–water partition coefficient (Wildman–Crippen LogP) is 4.80. The number of hydrazone groups is 1. The second-order valence-corrected chi connectivity index (χ2v) is 6.75. The number of hydrogen-bond donors (Lipinski definition) is 1. The second-order valence-electron chi connectivity index (χ2n) is 5.89. The molecule has 0 aromatic heterocycles. The molecular weight excluding hydrogens is 420 g/mol. The van der Waals surface area contributed by atoms with Crippen molar-refractivity contribution in [3.8, 4) is 11.5 Å². The molecule has 1 amide bonds. The van der Waals surface area contributed by atoms with Gasteiger partial charge in [0.1, 0.15) is 18.1 Å². The molecule has 0 bridgehead atoms. The van der Waals surface area contributed by atoms with Crippen LogP contribution in [0.3, 0.4) is 0 Å². The molecule has 0 aliphatic heterocycles. The van der Waals surface area contributed by atoms with Crippen molar-refractivity contribution in [3.63, 3.8) is 0 Å². The zero-order valence-corrected chi connectivity index (χ0v) is 16.8. The molecule has 0 atom stereocenters. The van der Waals surface area contributed by atoms with Crippen LogP contribution in [0.15, 0.2) is 82.4 Å². The van der Waals surface area contributed by atoms with Crippen LogP contribution in [0, 0.1) is 0 Å². The Morgan fingerprint density at radius 3 is 2.50 bits per heavy atom. The van der Waals surface area contributed by atoms with Crippen LogP contribution in [0.5, 0.6) is 11.5 Å². The van der Waals surface area contributed by atoms with Gasteiger partial charge < -0.3 is 9.47 Å². The van der Waals surface area contributed by atoms with Crippen molar-refractivity contribution < 1.29 is 14.3 Å². The van der Waals surface area contributed by atoms with Gasteiger partial charge in [-0.25, -0.2) is 5.43 Å². The number of carbonyl (C=O) groups excluding carboxylic acids is 1. The standard InChI is InChI=1S/C22H19BrN2O3/c1-27-19-10-8-18(9-11-19)22(26)25-24-14-17-7-12-21(20(23)13-17)28-15-16-5-3-2-4-6-16/h2-14H,15H2,1H3,(H,25,26)/b24-14-. The number of hydrogen-bond acceptors (Lipinski definition) is 4. The Balaban J connectivity index is 1.56. The molecule has 3 rings (SSSR count). The van der Waals surface area contributed by atoms with E-state index in [-0.39, 0.29) is 5.91 Å². The fourth-order valence-electron chi connectivity index (χ4n) is 2.42. The normalized spacial score (nSPS) is 10.6. The summed E-state index contributed by atoms with van der Waals surface area (Å²) in [5.41, 5.74) is 4.94. The van der Waals surface area contributed by atoms with E-state index in [1.54, 1.807) is 37.6 Å². The summed E-state index contributed by atoms with van der Waals surface area (Å²) in [4.78, 5) is 12.1. The number of rotatable bonds is 7. The molecule has 0 saturated heterocycles. The van der Waals surface area contributed by atoms with Crippen LogP contribution < -0.4 is 14.9 Å². The largest absolute Gasteiger partial charge is 0.497 e. The molecule has 28 heavy (non-hydrogen) atoms. The maximum Gasteiger partial charge on any atom is 0.271 e. The van der Waals surface area contributed by atoms with Crippen LogP contribution in [0.1, 0.15) is 21.5 Å². The van der Waals surface area contributed by atoms with E-state index in [1.165, 1.54) is 0 Å². The Labute approximate surface area is 172 Å². The average Bonchev–Trinajstić information content (AvgIpc) is 2.74. The van der Waals surface area contributed by atoms with Gasteiger partial charge in [0.2, 0.25) is 0 Å². The lowest BCUT2D eigenvalue weighted by Gasteiger charge is -2.08. The zero-order valence-electron chi connectivity index (χ0n) is 15.3. The van der Waals surface area contributed by atoms with E-state index in [1.807, 2.05) is 48.5 Å². The lowest BCUT2D eigenvalue weighted by molar-refractivity contribution is 0.0955. The van der Waals surface area contributed by atoms with Gasteiger partial charge in [0.15, 0.2) is 0 Å². The van der Waals surface area contributed by atoms with Gasteiger partial charge in [0, 0.05) is 5.56 Å². The maximum absolute atomic E-state index is 12.1. The molecule has 0 heterocycles. The predicted molar refractivity (Wildman–Crippen MR) is 113 cm³/mol. The third-order valence-corrected chi connectivity index (χ3v) is 4.54. The number of amides is 1. The Kier molecular flexibility index (Phi) is 6.81. The minimum Gasteiger partial charge on any atom is -0.497 e. The first-order valence-electron chi connectivity index (χ1n) is 8.59. The number of benzene rings is 3. The molecule has 0 fully saturated rings. The van der Waals surface area contributed by atoms with Crippen LogP contribution in [-0.2, 0) is 6.61 Å². The summed E-state index contributed by atoms with van der Waals surface area (Å²) in [6, 6.07) is 22.4. The highest BCUT2D eigenvalue weighted by Crippen LogP contribution is 2.26. The van der Waals surface area contributed by atoms with Crippen molar-refractivity contribution in [2.45, 2.75) is 6.61 Å². The first-order valence-corrected chi connectivity index (χ1v) is 9.39. The fourth-order valence-corrected chi connectivity index (χ4v) is 2.93. The minimum absolute atomic E-state index is 0.291. The van der Waals surface area contributed by atoms with Crippen molar-refractivity contribution >= 4 is 28.1 Å². The lowest BCUT2D eigenvalue weighted by Crippen LogP contribution is -2.17. The number of nitrogens with one attached hydrogen (secondary N) is 1. The highest BCUT2D eigenvalue weighted by Gasteiger charge is 2.05. The van der Waals surface area contributed by atoms with Crippen LogP contribution in [0.2, 0.25) is 0 Å². The lowest BCUT2D eigenvalue weighted by atomic mass is 10.2. The summed E-state index contributed by atoms with van der Waals surface area (Å²) in [7, 11) is 1.58. The minimum atomic E-state index is -0.291. The zero-order chi connectivity index (χ0) is 19.8. The summed E-state index contributed by atoms with van der Waals surface area (Å²) in [6.07, 6.45) is 1.58. The molecule has 6 heteroatoms. The molecule has 0 unspecified atom stereocenters. The van der Waals surface area contributed by atoms with E-state index in [0.717, 1.165) is 21.3 Å². The quantitative estimate of drug-likeness (QED) is 0.425. The molecule has 0 spiro atoms. The number of nitrogens with zero attached hydrogens (tertiary/aromatic N) is 1. The SMILES string of the molecule is COc1ccc(C(=O)N/N=C\c2ccc(OCc3ccccc3)c(Br)c2)cc1. The van der Waals surface area contributed by atoms with Crippen molar-refractivity contribution in [1.82, 2.24) is 5.43 Å². The van der Waals surface area contributed by atoms with Gasteiger partial charge >= 0.3 is 0 Å². The third-order valence-electron chi connectivity index (χ3n) is 3.93. The van der Waals surface area contributed by atoms with Gasteiger partial charge in [0.25, 0.3) is 5.91 Å². The molecule has 142 valence electrons. The van der Waals surface area contributed by atoms with Gasteiger partial charge in [-0.1, -0.05) is 30.3 Å². The smallest absolute Gasteiger partial charge is 0.271 e. The third kappa shape index (κ3) is 5.44. The number of methoxy groups -OCH3 is 1. The van der Waals surface area contributed by atoms with Gasteiger partial charge in [-0.2, -0.15) is 5.10 Å². The van der Waals surface area contributed by atoms with Crippen LogP contribution >= 0.6 is 15.9 Å². The number of halogens is 1. The first-order chi connectivity index (χ1) is 13.7. The number of carbonyl (C=O) groups is 1. The Morgan fingerprint density at radius 1 is 1.07 bits per heavy atom. The van der Waals surface area contributed by atoms with Crippen molar-refractivity contribution in [1.29, 1.82) is 0 Å². The van der Waals surface area contributed by atoms with Gasteiger partial charge in [-0.05, 0) is 69.5 Å². The summed E-state index contributed by atoms with van der Waals surface area (Å²) in [6.45, 7) is 0.491. The molecule has 0 radical (unpaired) electrons. The monoisotopic (exact) mass is 438 g/mol. The molecule has 3 aromatic carbocycles. The molecule has 5 nitrogen and oxygen atoms in total. The first kappa shape index (κ1) is 19.6. The summed E-state index contributed by atoms with van der Waals surface area (Å²) in [5.74, 6) is 1.14. The Morgan fingerprint density at radius 2 is 1.82 bits per heavy atom. The summed E-state index contributed by atoms with van der Waals surface area (Å²) < 4.78 is 11.7. The fraction of sp³-hybridized carbons (Fsp3) is 0.0909.